The zero-order valence-corrected chi connectivity index (χ0v) is 15.6. The van der Waals surface area contributed by atoms with Crippen molar-refractivity contribution >= 4 is 17.7 Å². The number of aliphatic hydroxyl groups excluding tert-OH is 1. The summed E-state index contributed by atoms with van der Waals surface area (Å²) in [6.07, 6.45) is 1.66. The molecule has 0 bridgehead atoms. The zero-order chi connectivity index (χ0) is 18.0. The van der Waals surface area contributed by atoms with Crippen LogP contribution in [-0.4, -0.2) is 56.3 Å². The van der Waals surface area contributed by atoms with Crippen LogP contribution in [0.3, 0.4) is 0 Å². The lowest BCUT2D eigenvalue weighted by molar-refractivity contribution is 0.131. The molecule has 7 heteroatoms. The molecule has 1 heterocycles. The SMILES string of the molecule is CCNC(=NCC1(CCO)CCOC1)NCCSc1ccc(F)cc1. The van der Waals surface area contributed by atoms with Crippen LogP contribution in [0.15, 0.2) is 34.2 Å². The summed E-state index contributed by atoms with van der Waals surface area (Å²) in [5.41, 5.74) is -0.0417. The first-order valence-electron chi connectivity index (χ1n) is 8.76. The number of nitrogens with zero attached hydrogens (tertiary/aromatic N) is 1. The smallest absolute Gasteiger partial charge is 0.191 e. The molecule has 1 fully saturated rings. The molecule has 1 unspecified atom stereocenters. The Hall–Kier alpha value is -1.31. The second kappa shape index (κ2) is 10.6. The number of guanidine groups is 1. The van der Waals surface area contributed by atoms with E-state index in [1.54, 1.807) is 23.9 Å². The first-order valence-corrected chi connectivity index (χ1v) is 9.75. The van der Waals surface area contributed by atoms with Gasteiger partial charge in [0.2, 0.25) is 0 Å². The van der Waals surface area contributed by atoms with E-state index >= 15 is 0 Å². The molecule has 0 aromatic heterocycles. The van der Waals surface area contributed by atoms with Gasteiger partial charge in [0, 0.05) is 42.4 Å². The second-order valence-electron chi connectivity index (χ2n) is 6.20. The van der Waals surface area contributed by atoms with Gasteiger partial charge in [0.05, 0.1) is 13.2 Å². The molecule has 1 aromatic carbocycles. The van der Waals surface area contributed by atoms with Gasteiger partial charge in [0.1, 0.15) is 5.82 Å². The van der Waals surface area contributed by atoms with Gasteiger partial charge in [-0.1, -0.05) is 0 Å². The van der Waals surface area contributed by atoms with E-state index in [-0.39, 0.29) is 17.8 Å². The summed E-state index contributed by atoms with van der Waals surface area (Å²) < 4.78 is 18.4. The van der Waals surface area contributed by atoms with Crippen molar-refractivity contribution in [1.82, 2.24) is 10.6 Å². The summed E-state index contributed by atoms with van der Waals surface area (Å²) in [6.45, 7) is 5.81. The predicted molar refractivity (Wildman–Crippen MR) is 101 cm³/mol. The molecule has 0 amide bonds. The van der Waals surface area contributed by atoms with Gasteiger partial charge in [0.25, 0.3) is 0 Å². The largest absolute Gasteiger partial charge is 0.396 e. The Morgan fingerprint density at radius 1 is 1.36 bits per heavy atom. The molecule has 0 spiro atoms. The number of halogens is 1. The molecule has 5 nitrogen and oxygen atoms in total. The quantitative estimate of drug-likeness (QED) is 0.270. The number of aliphatic imine (C=N–C) groups is 1. The third kappa shape index (κ3) is 6.84. The molecular formula is C18H28FN3O2S. The molecular weight excluding hydrogens is 341 g/mol. The third-order valence-electron chi connectivity index (χ3n) is 4.22. The van der Waals surface area contributed by atoms with Crippen LogP contribution in [0.1, 0.15) is 19.8 Å². The van der Waals surface area contributed by atoms with Crippen molar-refractivity contribution in [3.8, 4) is 0 Å². The number of benzene rings is 1. The van der Waals surface area contributed by atoms with Crippen molar-refractivity contribution in [2.75, 3.05) is 45.2 Å². The van der Waals surface area contributed by atoms with Gasteiger partial charge in [0.15, 0.2) is 5.96 Å². The maximum Gasteiger partial charge on any atom is 0.191 e. The molecule has 2 rings (SSSR count). The van der Waals surface area contributed by atoms with E-state index in [0.717, 1.165) is 49.1 Å². The fraction of sp³-hybridized carbons (Fsp3) is 0.611. The fourth-order valence-electron chi connectivity index (χ4n) is 2.75. The number of hydrogen-bond acceptors (Lipinski definition) is 4. The monoisotopic (exact) mass is 369 g/mol. The van der Waals surface area contributed by atoms with E-state index in [0.29, 0.717) is 13.2 Å². The summed E-state index contributed by atoms with van der Waals surface area (Å²) in [4.78, 5) is 5.74. The number of aliphatic hydroxyl groups is 1. The van der Waals surface area contributed by atoms with Crippen molar-refractivity contribution in [2.24, 2.45) is 10.4 Å². The lowest BCUT2D eigenvalue weighted by Gasteiger charge is -2.24. The highest BCUT2D eigenvalue weighted by Crippen LogP contribution is 2.32. The molecule has 3 N–H and O–H groups in total. The molecule has 1 saturated heterocycles. The predicted octanol–water partition coefficient (Wildman–Crippen LogP) is 2.26. The topological polar surface area (TPSA) is 65.9 Å². The summed E-state index contributed by atoms with van der Waals surface area (Å²) >= 11 is 1.67. The summed E-state index contributed by atoms with van der Waals surface area (Å²) in [5.74, 6) is 1.43. The van der Waals surface area contributed by atoms with E-state index in [9.17, 15) is 9.50 Å². The minimum Gasteiger partial charge on any atom is -0.396 e. The number of rotatable bonds is 9. The van der Waals surface area contributed by atoms with E-state index < -0.39 is 0 Å². The van der Waals surface area contributed by atoms with Crippen molar-refractivity contribution in [3.05, 3.63) is 30.1 Å². The number of thioether (sulfide) groups is 1. The molecule has 0 saturated carbocycles. The number of ether oxygens (including phenoxy) is 1. The average Bonchev–Trinajstić information content (AvgIpc) is 3.07. The van der Waals surface area contributed by atoms with Crippen molar-refractivity contribution in [2.45, 2.75) is 24.7 Å². The minimum atomic E-state index is -0.211. The number of nitrogens with one attached hydrogen (secondary N) is 2. The normalized spacial score (nSPS) is 20.7. The Morgan fingerprint density at radius 3 is 2.80 bits per heavy atom. The lowest BCUT2D eigenvalue weighted by atomic mass is 9.84. The van der Waals surface area contributed by atoms with E-state index in [4.69, 9.17) is 4.74 Å². The average molecular weight is 370 g/mol. The van der Waals surface area contributed by atoms with Crippen LogP contribution in [0.5, 0.6) is 0 Å². The van der Waals surface area contributed by atoms with Gasteiger partial charge in [-0.05, 0) is 44.0 Å². The zero-order valence-electron chi connectivity index (χ0n) is 14.8. The molecule has 1 aromatic rings. The van der Waals surface area contributed by atoms with E-state index in [1.807, 2.05) is 6.92 Å². The third-order valence-corrected chi connectivity index (χ3v) is 5.23. The van der Waals surface area contributed by atoms with Crippen LogP contribution >= 0.6 is 11.8 Å². The Labute approximate surface area is 153 Å². The Balaban J connectivity index is 1.79. The molecule has 1 aliphatic rings. The highest BCUT2D eigenvalue weighted by Gasteiger charge is 2.34. The van der Waals surface area contributed by atoms with Crippen LogP contribution in [0.2, 0.25) is 0 Å². The van der Waals surface area contributed by atoms with Gasteiger partial charge in [-0.15, -0.1) is 11.8 Å². The van der Waals surface area contributed by atoms with Crippen LogP contribution in [-0.2, 0) is 4.74 Å². The maximum absolute atomic E-state index is 12.9. The first kappa shape index (κ1) is 20.0. The van der Waals surface area contributed by atoms with Crippen LogP contribution in [0.4, 0.5) is 4.39 Å². The summed E-state index contributed by atoms with van der Waals surface area (Å²) in [7, 11) is 0. The van der Waals surface area contributed by atoms with Gasteiger partial charge in [-0.3, -0.25) is 4.99 Å². The van der Waals surface area contributed by atoms with Gasteiger partial charge in [-0.2, -0.15) is 0 Å². The second-order valence-corrected chi connectivity index (χ2v) is 7.37. The van der Waals surface area contributed by atoms with E-state index in [1.165, 1.54) is 12.1 Å². The standard InChI is InChI=1S/C18H28FN3O2S/c1-2-20-17(22-13-18(7-10-23)8-11-24-14-18)21-9-12-25-16-5-3-15(19)4-6-16/h3-6,23H,2,7-14H2,1H3,(H2,20,21,22). The minimum absolute atomic E-state index is 0.0417. The van der Waals surface area contributed by atoms with Gasteiger partial charge in [-0.25, -0.2) is 4.39 Å². The van der Waals surface area contributed by atoms with Crippen LogP contribution < -0.4 is 10.6 Å². The Kier molecular flexibility index (Phi) is 8.51. The molecule has 1 atom stereocenters. The van der Waals surface area contributed by atoms with Gasteiger partial charge >= 0.3 is 0 Å². The van der Waals surface area contributed by atoms with E-state index in [2.05, 4.69) is 15.6 Å². The molecule has 140 valence electrons. The summed E-state index contributed by atoms with van der Waals surface area (Å²) in [6, 6.07) is 6.53. The van der Waals surface area contributed by atoms with Crippen molar-refractivity contribution in [1.29, 1.82) is 0 Å². The first-order chi connectivity index (χ1) is 12.2. The molecule has 25 heavy (non-hydrogen) atoms. The Bertz CT molecular complexity index is 534. The summed E-state index contributed by atoms with van der Waals surface area (Å²) in [5, 5.41) is 15.9. The highest BCUT2D eigenvalue weighted by molar-refractivity contribution is 7.99. The van der Waals surface area contributed by atoms with Gasteiger partial charge < -0.3 is 20.5 Å². The van der Waals surface area contributed by atoms with Crippen molar-refractivity contribution < 1.29 is 14.2 Å². The Morgan fingerprint density at radius 2 is 2.16 bits per heavy atom. The van der Waals surface area contributed by atoms with Crippen molar-refractivity contribution in [3.63, 3.8) is 0 Å². The lowest BCUT2D eigenvalue weighted by Crippen LogP contribution is -2.39. The molecule has 0 radical (unpaired) electrons. The highest BCUT2D eigenvalue weighted by atomic mass is 32.2. The molecule has 0 aliphatic carbocycles. The van der Waals surface area contributed by atoms with Crippen LogP contribution in [0.25, 0.3) is 0 Å². The maximum atomic E-state index is 12.9. The fourth-order valence-corrected chi connectivity index (χ4v) is 3.51. The number of hydrogen-bond donors (Lipinski definition) is 3. The molecule has 1 aliphatic heterocycles. The van der Waals surface area contributed by atoms with Crippen LogP contribution in [0, 0.1) is 11.2 Å².